The highest BCUT2D eigenvalue weighted by molar-refractivity contribution is 6.07. The minimum Gasteiger partial charge on any atom is -0.495 e. The second-order valence-electron chi connectivity index (χ2n) is 10.6. The zero-order chi connectivity index (χ0) is 28.8. The quantitative estimate of drug-likeness (QED) is 0.345. The van der Waals surface area contributed by atoms with Crippen LogP contribution in [-0.4, -0.2) is 63.1 Å². The van der Waals surface area contributed by atoms with Crippen LogP contribution in [-0.2, 0) is 17.7 Å². The molecule has 2 aliphatic rings. The number of piperidine rings is 1. The molecule has 1 N–H and O–H groups in total. The Morgan fingerprint density at radius 3 is 2.37 bits per heavy atom. The number of halogens is 1. The first-order valence-electron chi connectivity index (χ1n) is 14.4. The first-order chi connectivity index (χ1) is 20.0. The van der Waals surface area contributed by atoms with Gasteiger partial charge in [0.1, 0.15) is 11.6 Å². The fourth-order valence-corrected chi connectivity index (χ4v) is 5.93. The molecule has 0 aliphatic carbocycles. The van der Waals surface area contributed by atoms with Crippen molar-refractivity contribution in [1.82, 2.24) is 4.90 Å². The van der Waals surface area contributed by atoms with Crippen LogP contribution in [0, 0.1) is 11.7 Å². The van der Waals surface area contributed by atoms with Crippen LogP contribution in [0.15, 0.2) is 60.7 Å². The van der Waals surface area contributed by atoms with Crippen molar-refractivity contribution in [2.24, 2.45) is 5.92 Å². The number of ketones is 1. The van der Waals surface area contributed by atoms with E-state index in [4.69, 9.17) is 9.47 Å². The third-order valence-corrected chi connectivity index (χ3v) is 8.13. The fourth-order valence-electron chi connectivity index (χ4n) is 5.93. The van der Waals surface area contributed by atoms with Crippen molar-refractivity contribution in [2.75, 3.05) is 56.7 Å². The Morgan fingerprint density at radius 2 is 1.68 bits per heavy atom. The van der Waals surface area contributed by atoms with Gasteiger partial charge in [-0.05, 0) is 72.9 Å². The van der Waals surface area contributed by atoms with Gasteiger partial charge in [0.25, 0.3) is 5.91 Å². The number of carbonyl (C=O) groups excluding carboxylic acids is 2. The molecule has 7 nitrogen and oxygen atoms in total. The maximum atomic E-state index is 13.6. The van der Waals surface area contributed by atoms with Gasteiger partial charge in [0.15, 0.2) is 5.78 Å². The number of amides is 1. The summed E-state index contributed by atoms with van der Waals surface area (Å²) in [4.78, 5) is 31.5. The number of ether oxygens (including phenoxy) is 2. The van der Waals surface area contributed by atoms with Crippen molar-refractivity contribution >= 4 is 23.1 Å². The predicted molar refractivity (Wildman–Crippen MR) is 159 cm³/mol. The molecule has 1 amide bonds. The summed E-state index contributed by atoms with van der Waals surface area (Å²) in [5.41, 5.74) is 5.11. The Labute approximate surface area is 241 Å². The Balaban J connectivity index is 1.42. The summed E-state index contributed by atoms with van der Waals surface area (Å²) in [7, 11) is 1.59. The highest BCUT2D eigenvalue weighted by atomic mass is 19.1. The Bertz CT molecular complexity index is 1360. The van der Waals surface area contributed by atoms with E-state index in [2.05, 4.69) is 28.1 Å². The second kappa shape index (κ2) is 13.3. The van der Waals surface area contributed by atoms with Gasteiger partial charge in [0, 0.05) is 55.5 Å². The van der Waals surface area contributed by atoms with Gasteiger partial charge in [-0.3, -0.25) is 14.5 Å². The first kappa shape index (κ1) is 28.8. The van der Waals surface area contributed by atoms with Gasteiger partial charge in [0.2, 0.25) is 0 Å². The molecule has 8 heteroatoms. The molecule has 0 bridgehead atoms. The molecule has 2 fully saturated rings. The number of hydrogen-bond acceptors (Lipinski definition) is 6. The summed E-state index contributed by atoms with van der Waals surface area (Å²) in [6, 6.07) is 17.2. The number of benzene rings is 3. The third-order valence-electron chi connectivity index (χ3n) is 8.13. The molecule has 216 valence electrons. The topological polar surface area (TPSA) is 71.1 Å². The average molecular weight is 560 g/mol. The van der Waals surface area contributed by atoms with Gasteiger partial charge >= 0.3 is 0 Å². The lowest BCUT2D eigenvalue weighted by atomic mass is 9.87. The van der Waals surface area contributed by atoms with Crippen molar-refractivity contribution in [1.29, 1.82) is 0 Å². The summed E-state index contributed by atoms with van der Waals surface area (Å²) in [5, 5.41) is 3.05. The van der Waals surface area contributed by atoms with Gasteiger partial charge in [-0.25, -0.2) is 4.39 Å². The van der Waals surface area contributed by atoms with Crippen LogP contribution in [0.3, 0.4) is 0 Å². The zero-order valence-corrected chi connectivity index (χ0v) is 23.8. The van der Waals surface area contributed by atoms with Crippen LogP contribution in [0.25, 0.3) is 0 Å². The molecule has 0 atom stereocenters. The average Bonchev–Trinajstić information content (AvgIpc) is 3.01. The standard InChI is InChI=1S/C33H38FN3O4/c1-3-27-28(33(39)35-29-6-4-5-7-30(29)40-2)13-10-25(22-36-18-20-41-21-19-36)31(27)37-16-14-24(15-17-37)32(38)23-8-11-26(34)12-9-23/h4-13,24H,3,14-22H2,1-2H3,(H,35,39). The van der Waals surface area contributed by atoms with Crippen LogP contribution in [0.5, 0.6) is 5.75 Å². The smallest absolute Gasteiger partial charge is 0.256 e. The summed E-state index contributed by atoms with van der Waals surface area (Å²) in [6.45, 7) is 7.43. The SMILES string of the molecule is CCc1c(C(=O)Nc2ccccc2OC)ccc(CN2CCOCC2)c1N1CCC(C(=O)c2ccc(F)cc2)CC1. The number of methoxy groups -OCH3 is 1. The highest BCUT2D eigenvalue weighted by Gasteiger charge is 2.30. The van der Waals surface area contributed by atoms with Crippen molar-refractivity contribution < 1.29 is 23.5 Å². The molecule has 0 unspecified atom stereocenters. The zero-order valence-electron chi connectivity index (χ0n) is 23.8. The van der Waals surface area contributed by atoms with Crippen molar-refractivity contribution in [3.8, 4) is 5.75 Å². The molecule has 3 aromatic rings. The molecular weight excluding hydrogens is 521 g/mol. The van der Waals surface area contributed by atoms with Crippen LogP contribution in [0.1, 0.15) is 51.6 Å². The van der Waals surface area contributed by atoms with E-state index in [0.717, 1.165) is 30.9 Å². The third kappa shape index (κ3) is 6.60. The number of hydrogen-bond donors (Lipinski definition) is 1. The van der Waals surface area contributed by atoms with Crippen LogP contribution >= 0.6 is 0 Å². The number of anilines is 2. The van der Waals surface area contributed by atoms with E-state index in [0.29, 0.717) is 68.1 Å². The number of rotatable bonds is 9. The number of nitrogens with zero attached hydrogens (tertiary/aromatic N) is 2. The van der Waals surface area contributed by atoms with Gasteiger partial charge in [0.05, 0.1) is 26.0 Å². The molecule has 2 aliphatic heterocycles. The Morgan fingerprint density at radius 1 is 0.976 bits per heavy atom. The number of nitrogens with one attached hydrogen (secondary N) is 1. The summed E-state index contributed by atoms with van der Waals surface area (Å²) < 4.78 is 24.4. The van der Waals surface area contributed by atoms with E-state index in [9.17, 15) is 14.0 Å². The second-order valence-corrected chi connectivity index (χ2v) is 10.6. The Kier molecular flexibility index (Phi) is 9.31. The van der Waals surface area contributed by atoms with E-state index in [-0.39, 0.29) is 23.4 Å². The van der Waals surface area contributed by atoms with Crippen molar-refractivity contribution in [3.63, 3.8) is 0 Å². The lowest BCUT2D eigenvalue weighted by molar-refractivity contribution is 0.0342. The number of Topliss-reactive ketones (excluding diaryl/α,β-unsaturated/α-hetero) is 1. The lowest BCUT2D eigenvalue weighted by Crippen LogP contribution is -2.39. The van der Waals surface area contributed by atoms with Crippen LogP contribution < -0.4 is 15.0 Å². The maximum absolute atomic E-state index is 13.6. The summed E-state index contributed by atoms with van der Waals surface area (Å²) in [5.74, 6) is 0.0501. The molecule has 0 saturated carbocycles. The molecule has 0 spiro atoms. The fraction of sp³-hybridized carbons (Fsp3) is 0.394. The van der Waals surface area contributed by atoms with Gasteiger partial charge in [-0.15, -0.1) is 0 Å². The summed E-state index contributed by atoms with van der Waals surface area (Å²) in [6.07, 6.45) is 2.09. The molecular formula is C33H38FN3O4. The molecule has 0 aromatic heterocycles. The number of morpholine rings is 1. The van der Waals surface area contributed by atoms with Gasteiger partial charge in [-0.2, -0.15) is 0 Å². The van der Waals surface area contributed by atoms with Crippen molar-refractivity contribution in [2.45, 2.75) is 32.7 Å². The van der Waals surface area contributed by atoms with E-state index in [1.165, 1.54) is 17.7 Å². The number of carbonyl (C=O) groups is 2. The highest BCUT2D eigenvalue weighted by Crippen LogP contribution is 2.35. The predicted octanol–water partition coefficient (Wildman–Crippen LogP) is 5.58. The normalized spacial score (nSPS) is 16.4. The van der Waals surface area contributed by atoms with E-state index in [1.807, 2.05) is 30.3 Å². The van der Waals surface area contributed by atoms with Crippen molar-refractivity contribution in [3.05, 3.63) is 88.7 Å². The first-order valence-corrected chi connectivity index (χ1v) is 14.4. The maximum Gasteiger partial charge on any atom is 0.256 e. The van der Waals surface area contributed by atoms with E-state index >= 15 is 0 Å². The van der Waals surface area contributed by atoms with E-state index < -0.39 is 0 Å². The van der Waals surface area contributed by atoms with Crippen LogP contribution in [0.4, 0.5) is 15.8 Å². The monoisotopic (exact) mass is 559 g/mol. The largest absolute Gasteiger partial charge is 0.495 e. The number of para-hydroxylation sites is 2. The molecule has 41 heavy (non-hydrogen) atoms. The molecule has 3 aromatic carbocycles. The summed E-state index contributed by atoms with van der Waals surface area (Å²) >= 11 is 0. The lowest BCUT2D eigenvalue weighted by Gasteiger charge is -2.37. The van der Waals surface area contributed by atoms with Crippen LogP contribution in [0.2, 0.25) is 0 Å². The van der Waals surface area contributed by atoms with E-state index in [1.54, 1.807) is 19.2 Å². The Hall–Kier alpha value is -3.75. The minimum absolute atomic E-state index is 0.0684. The molecule has 0 radical (unpaired) electrons. The molecule has 5 rings (SSSR count). The minimum atomic E-state index is -0.342. The van der Waals surface area contributed by atoms with Gasteiger partial charge < -0.3 is 19.7 Å². The molecule has 2 heterocycles. The van der Waals surface area contributed by atoms with Gasteiger partial charge in [-0.1, -0.05) is 25.1 Å². The molecule has 2 saturated heterocycles.